The number of rotatable bonds is 3. The van der Waals surface area contributed by atoms with Crippen LogP contribution in [0.5, 0.6) is 0 Å². The summed E-state index contributed by atoms with van der Waals surface area (Å²) in [7, 11) is 0. The molecule has 0 unspecified atom stereocenters. The molecule has 2 atom stereocenters. The fourth-order valence-corrected chi connectivity index (χ4v) is 2.50. The Hall–Kier alpha value is -0.590. The fourth-order valence-electron chi connectivity index (χ4n) is 2.50. The summed E-state index contributed by atoms with van der Waals surface area (Å²) in [6.45, 7) is 7.69. The summed E-state index contributed by atoms with van der Waals surface area (Å²) in [6.07, 6.45) is 6.40. The van der Waals surface area contributed by atoms with Gasteiger partial charge in [0.1, 0.15) is 5.78 Å². The van der Waals surface area contributed by atoms with Crippen LogP contribution < -0.4 is 0 Å². The third-order valence-corrected chi connectivity index (χ3v) is 3.18. The highest BCUT2D eigenvalue weighted by atomic mass is 16.1. The van der Waals surface area contributed by atoms with Gasteiger partial charge in [-0.15, -0.1) is 6.58 Å². The van der Waals surface area contributed by atoms with E-state index in [4.69, 9.17) is 0 Å². The first-order chi connectivity index (χ1) is 5.60. The largest absolute Gasteiger partial charge is 0.300 e. The van der Waals surface area contributed by atoms with Crippen LogP contribution in [0.15, 0.2) is 12.7 Å². The Labute approximate surface area is 74.9 Å². The molecule has 12 heavy (non-hydrogen) atoms. The van der Waals surface area contributed by atoms with Gasteiger partial charge in [-0.1, -0.05) is 19.4 Å². The Morgan fingerprint density at radius 2 is 2.42 bits per heavy atom. The average molecular weight is 166 g/mol. The highest BCUT2D eigenvalue weighted by Crippen LogP contribution is 2.46. The third kappa shape index (κ3) is 1.60. The molecule has 0 radical (unpaired) electrons. The standard InChI is InChI=1S/C11H18O/c1-4-7-11(3)8-5-6-10(11)9(2)12/h4,10H,1,5-8H2,2-3H3/t10-,11-/m1/s1. The Balaban J connectivity index is 2.73. The van der Waals surface area contributed by atoms with Crippen molar-refractivity contribution in [3.63, 3.8) is 0 Å². The molecule has 1 saturated carbocycles. The predicted octanol–water partition coefficient (Wildman–Crippen LogP) is 2.96. The molecular weight excluding hydrogens is 148 g/mol. The average Bonchev–Trinajstić information content (AvgIpc) is 2.32. The predicted molar refractivity (Wildman–Crippen MR) is 50.9 cm³/mol. The van der Waals surface area contributed by atoms with Crippen LogP contribution >= 0.6 is 0 Å². The van der Waals surface area contributed by atoms with Crippen LogP contribution in [0, 0.1) is 11.3 Å². The Morgan fingerprint density at radius 3 is 2.92 bits per heavy atom. The number of hydrogen-bond acceptors (Lipinski definition) is 1. The fraction of sp³-hybridized carbons (Fsp3) is 0.727. The van der Waals surface area contributed by atoms with Crippen molar-refractivity contribution in [1.82, 2.24) is 0 Å². The second-order valence-electron chi connectivity index (χ2n) is 4.20. The van der Waals surface area contributed by atoms with Crippen molar-refractivity contribution in [2.75, 3.05) is 0 Å². The molecule has 0 aromatic heterocycles. The topological polar surface area (TPSA) is 17.1 Å². The molecule has 0 saturated heterocycles. The van der Waals surface area contributed by atoms with Crippen molar-refractivity contribution >= 4 is 5.78 Å². The number of allylic oxidation sites excluding steroid dienone is 1. The molecule has 68 valence electrons. The van der Waals surface area contributed by atoms with Gasteiger partial charge in [-0.25, -0.2) is 0 Å². The van der Waals surface area contributed by atoms with Crippen LogP contribution in [-0.2, 0) is 4.79 Å². The molecule has 0 spiro atoms. The molecule has 0 amide bonds. The second kappa shape index (κ2) is 3.42. The Morgan fingerprint density at radius 1 is 1.75 bits per heavy atom. The number of ketones is 1. The van der Waals surface area contributed by atoms with Crippen LogP contribution in [0.25, 0.3) is 0 Å². The van der Waals surface area contributed by atoms with E-state index in [9.17, 15) is 4.79 Å². The minimum Gasteiger partial charge on any atom is -0.300 e. The molecule has 1 fully saturated rings. The number of carbonyl (C=O) groups is 1. The lowest BCUT2D eigenvalue weighted by Crippen LogP contribution is -2.26. The number of Topliss-reactive ketones (excluding diaryl/α,β-unsaturated/α-hetero) is 1. The van der Waals surface area contributed by atoms with Gasteiger partial charge in [0.15, 0.2) is 0 Å². The summed E-state index contributed by atoms with van der Waals surface area (Å²) >= 11 is 0. The van der Waals surface area contributed by atoms with Gasteiger partial charge in [0.2, 0.25) is 0 Å². The lowest BCUT2D eigenvalue weighted by molar-refractivity contribution is -0.123. The van der Waals surface area contributed by atoms with E-state index in [1.165, 1.54) is 12.8 Å². The quantitative estimate of drug-likeness (QED) is 0.589. The minimum atomic E-state index is 0.216. The molecule has 1 aliphatic carbocycles. The maximum atomic E-state index is 11.3. The third-order valence-electron chi connectivity index (χ3n) is 3.18. The molecule has 0 bridgehead atoms. The molecule has 1 aliphatic rings. The highest BCUT2D eigenvalue weighted by Gasteiger charge is 2.39. The van der Waals surface area contributed by atoms with Gasteiger partial charge < -0.3 is 0 Å². The van der Waals surface area contributed by atoms with Crippen molar-refractivity contribution in [1.29, 1.82) is 0 Å². The van der Waals surface area contributed by atoms with E-state index in [2.05, 4.69) is 13.5 Å². The van der Waals surface area contributed by atoms with Crippen molar-refractivity contribution in [3.8, 4) is 0 Å². The normalized spacial score (nSPS) is 35.0. The SMILES string of the molecule is C=CC[C@]1(C)CCC[C@@H]1C(C)=O. The van der Waals surface area contributed by atoms with Crippen LogP contribution in [-0.4, -0.2) is 5.78 Å². The van der Waals surface area contributed by atoms with E-state index >= 15 is 0 Å². The minimum absolute atomic E-state index is 0.216. The van der Waals surface area contributed by atoms with Gasteiger partial charge >= 0.3 is 0 Å². The molecule has 1 heteroatoms. The first-order valence-corrected chi connectivity index (χ1v) is 4.71. The number of carbonyl (C=O) groups excluding carboxylic acids is 1. The Bertz CT molecular complexity index is 195. The van der Waals surface area contributed by atoms with Crippen LogP contribution in [0.3, 0.4) is 0 Å². The maximum Gasteiger partial charge on any atom is 0.133 e. The van der Waals surface area contributed by atoms with E-state index in [1.54, 1.807) is 6.92 Å². The summed E-state index contributed by atoms with van der Waals surface area (Å²) < 4.78 is 0. The van der Waals surface area contributed by atoms with Crippen molar-refractivity contribution in [2.45, 2.75) is 39.5 Å². The van der Waals surface area contributed by atoms with Gasteiger partial charge in [-0.3, -0.25) is 4.79 Å². The van der Waals surface area contributed by atoms with Crippen LogP contribution in [0.1, 0.15) is 39.5 Å². The van der Waals surface area contributed by atoms with E-state index in [1.807, 2.05) is 6.08 Å². The molecule has 0 N–H and O–H groups in total. The van der Waals surface area contributed by atoms with Crippen molar-refractivity contribution in [3.05, 3.63) is 12.7 Å². The Kier molecular flexibility index (Phi) is 2.71. The molecular formula is C11H18O. The second-order valence-corrected chi connectivity index (χ2v) is 4.20. The van der Waals surface area contributed by atoms with Gasteiger partial charge in [0, 0.05) is 5.92 Å². The lowest BCUT2D eigenvalue weighted by atomic mass is 9.75. The van der Waals surface area contributed by atoms with E-state index in [-0.39, 0.29) is 11.3 Å². The van der Waals surface area contributed by atoms with Crippen LogP contribution in [0.2, 0.25) is 0 Å². The van der Waals surface area contributed by atoms with Gasteiger partial charge in [-0.05, 0) is 31.6 Å². The van der Waals surface area contributed by atoms with E-state index < -0.39 is 0 Å². The van der Waals surface area contributed by atoms with Crippen molar-refractivity contribution in [2.24, 2.45) is 11.3 Å². The van der Waals surface area contributed by atoms with Gasteiger partial charge in [0.25, 0.3) is 0 Å². The first kappa shape index (κ1) is 9.50. The summed E-state index contributed by atoms with van der Waals surface area (Å²) in [5, 5.41) is 0. The zero-order valence-electron chi connectivity index (χ0n) is 8.10. The van der Waals surface area contributed by atoms with Gasteiger partial charge in [-0.2, -0.15) is 0 Å². The zero-order chi connectivity index (χ0) is 9.19. The van der Waals surface area contributed by atoms with Crippen molar-refractivity contribution < 1.29 is 4.79 Å². The molecule has 0 heterocycles. The molecule has 0 aromatic rings. The summed E-state index contributed by atoms with van der Waals surface area (Å²) in [4.78, 5) is 11.3. The summed E-state index contributed by atoms with van der Waals surface area (Å²) in [5.74, 6) is 0.646. The van der Waals surface area contributed by atoms with Crippen LogP contribution in [0.4, 0.5) is 0 Å². The monoisotopic (exact) mass is 166 g/mol. The van der Waals surface area contributed by atoms with E-state index in [0.717, 1.165) is 12.8 Å². The molecule has 1 nitrogen and oxygen atoms in total. The first-order valence-electron chi connectivity index (χ1n) is 4.71. The lowest BCUT2D eigenvalue weighted by Gasteiger charge is -2.28. The summed E-state index contributed by atoms with van der Waals surface area (Å²) in [5.41, 5.74) is 0.216. The smallest absolute Gasteiger partial charge is 0.133 e. The molecule has 0 aliphatic heterocycles. The summed E-state index contributed by atoms with van der Waals surface area (Å²) in [6, 6.07) is 0. The van der Waals surface area contributed by atoms with Gasteiger partial charge in [0.05, 0.1) is 0 Å². The molecule has 0 aromatic carbocycles. The number of hydrogen-bond donors (Lipinski definition) is 0. The highest BCUT2D eigenvalue weighted by molar-refractivity contribution is 5.79. The maximum absolute atomic E-state index is 11.3. The zero-order valence-corrected chi connectivity index (χ0v) is 8.10. The van der Waals surface area contributed by atoms with E-state index in [0.29, 0.717) is 5.78 Å². The molecule has 1 rings (SSSR count).